The van der Waals surface area contributed by atoms with Crippen molar-refractivity contribution >= 4 is 50.6 Å². The SMILES string of the molecule is CSC/C(Br)=C\N(I)C(C)C. The van der Waals surface area contributed by atoms with E-state index < -0.39 is 0 Å². The Morgan fingerprint density at radius 1 is 1.73 bits per heavy atom. The fourth-order valence-corrected chi connectivity index (χ4v) is 2.43. The molecule has 0 bridgehead atoms. The molecule has 4 heteroatoms. The van der Waals surface area contributed by atoms with Crippen LogP contribution >= 0.6 is 50.6 Å². The van der Waals surface area contributed by atoms with Gasteiger partial charge in [-0.1, -0.05) is 15.9 Å². The van der Waals surface area contributed by atoms with Gasteiger partial charge in [0, 0.05) is 22.5 Å². The maximum absolute atomic E-state index is 3.50. The minimum atomic E-state index is 0.560. The van der Waals surface area contributed by atoms with E-state index in [1.807, 2.05) is 11.8 Å². The average Bonchev–Trinajstić information content (AvgIpc) is 1.87. The highest BCUT2D eigenvalue weighted by Crippen LogP contribution is 2.16. The van der Waals surface area contributed by atoms with Crippen LogP contribution in [-0.2, 0) is 0 Å². The standard InChI is InChI=1S/C7H13BrINS/c1-6(2)10(9)4-7(8)5-11-3/h4,6H,5H2,1-3H3/b7-4+. The maximum Gasteiger partial charge on any atom is 0.0588 e. The minimum absolute atomic E-state index is 0.560. The molecule has 0 saturated heterocycles. The molecule has 11 heavy (non-hydrogen) atoms. The molecule has 0 amide bonds. The highest BCUT2D eigenvalue weighted by atomic mass is 127. The molecule has 0 saturated carbocycles. The zero-order chi connectivity index (χ0) is 8.85. The van der Waals surface area contributed by atoms with Crippen molar-refractivity contribution in [2.24, 2.45) is 0 Å². The summed E-state index contributed by atoms with van der Waals surface area (Å²) >= 11 is 7.62. The van der Waals surface area contributed by atoms with Crippen molar-refractivity contribution in [2.45, 2.75) is 19.9 Å². The van der Waals surface area contributed by atoms with Crippen LogP contribution in [0.2, 0.25) is 0 Å². The van der Waals surface area contributed by atoms with Crippen molar-refractivity contribution in [3.63, 3.8) is 0 Å². The molecule has 0 fully saturated rings. The van der Waals surface area contributed by atoms with Crippen LogP contribution in [0.4, 0.5) is 0 Å². The molecule has 66 valence electrons. The second kappa shape index (κ2) is 6.60. The van der Waals surface area contributed by atoms with Gasteiger partial charge >= 0.3 is 0 Å². The zero-order valence-electron chi connectivity index (χ0n) is 6.97. The molecule has 0 aliphatic rings. The molecular formula is C7H13BrINS. The van der Waals surface area contributed by atoms with Gasteiger partial charge in [-0.3, -0.25) is 0 Å². The summed E-state index contributed by atoms with van der Waals surface area (Å²) < 4.78 is 3.41. The lowest BCUT2D eigenvalue weighted by Gasteiger charge is -2.16. The first-order valence-corrected chi connectivity index (χ1v) is 6.52. The third-order valence-electron chi connectivity index (χ3n) is 1.04. The van der Waals surface area contributed by atoms with Gasteiger partial charge in [0.2, 0.25) is 0 Å². The first-order valence-electron chi connectivity index (χ1n) is 3.37. The van der Waals surface area contributed by atoms with E-state index in [0.29, 0.717) is 6.04 Å². The van der Waals surface area contributed by atoms with Crippen molar-refractivity contribution in [1.82, 2.24) is 3.11 Å². The largest absolute Gasteiger partial charge is 0.318 e. The summed E-state index contributed by atoms with van der Waals surface area (Å²) in [5.41, 5.74) is 0. The van der Waals surface area contributed by atoms with Gasteiger partial charge in [0.25, 0.3) is 0 Å². The van der Waals surface area contributed by atoms with Crippen molar-refractivity contribution in [2.75, 3.05) is 12.0 Å². The van der Waals surface area contributed by atoms with E-state index in [1.54, 1.807) is 0 Å². The first kappa shape index (κ1) is 12.1. The number of nitrogens with zero attached hydrogens (tertiary/aromatic N) is 1. The number of halogens is 2. The third-order valence-corrected chi connectivity index (χ3v) is 3.89. The van der Waals surface area contributed by atoms with Crippen LogP contribution in [0, 0.1) is 0 Å². The van der Waals surface area contributed by atoms with Crippen LogP contribution in [0.1, 0.15) is 13.8 Å². The molecule has 1 nitrogen and oxygen atoms in total. The lowest BCUT2D eigenvalue weighted by Crippen LogP contribution is -2.13. The fourth-order valence-electron chi connectivity index (χ4n) is 0.458. The molecule has 0 aromatic carbocycles. The topological polar surface area (TPSA) is 3.24 Å². The fraction of sp³-hybridized carbons (Fsp3) is 0.714. The van der Waals surface area contributed by atoms with Gasteiger partial charge in [-0.2, -0.15) is 11.8 Å². The smallest absolute Gasteiger partial charge is 0.0588 e. The van der Waals surface area contributed by atoms with Crippen molar-refractivity contribution < 1.29 is 0 Å². The van der Waals surface area contributed by atoms with Crippen molar-refractivity contribution in [3.8, 4) is 0 Å². The van der Waals surface area contributed by atoms with Gasteiger partial charge in [0.1, 0.15) is 0 Å². The Labute approximate surface area is 95.6 Å². The average molecular weight is 350 g/mol. The lowest BCUT2D eigenvalue weighted by atomic mass is 10.4. The van der Waals surface area contributed by atoms with Crippen LogP contribution in [0.15, 0.2) is 10.7 Å². The zero-order valence-corrected chi connectivity index (χ0v) is 11.5. The number of thioether (sulfide) groups is 1. The Bertz CT molecular complexity index is 138. The van der Waals surface area contributed by atoms with Gasteiger partial charge in [-0.25, -0.2) is 0 Å². The number of hydrogen-bond donors (Lipinski definition) is 0. The van der Waals surface area contributed by atoms with Crippen LogP contribution < -0.4 is 0 Å². The molecule has 0 aromatic heterocycles. The molecule has 0 radical (unpaired) electrons. The van der Waals surface area contributed by atoms with Crippen LogP contribution in [-0.4, -0.2) is 21.2 Å². The predicted molar refractivity (Wildman–Crippen MR) is 66.4 cm³/mol. The van der Waals surface area contributed by atoms with Gasteiger partial charge in [-0.05, 0) is 20.1 Å². The summed E-state index contributed by atoms with van der Waals surface area (Å²) in [6.07, 6.45) is 4.23. The van der Waals surface area contributed by atoms with E-state index in [2.05, 4.69) is 68.2 Å². The molecule has 0 rings (SSSR count). The number of rotatable bonds is 4. The molecular weight excluding hydrogens is 337 g/mol. The summed E-state index contributed by atoms with van der Waals surface area (Å²) in [5, 5.41) is 0. The minimum Gasteiger partial charge on any atom is -0.318 e. The van der Waals surface area contributed by atoms with E-state index in [0.717, 1.165) is 5.75 Å². The highest BCUT2D eigenvalue weighted by Gasteiger charge is 2.00. The summed E-state index contributed by atoms with van der Waals surface area (Å²) in [4.78, 5) is 0. The van der Waals surface area contributed by atoms with Crippen LogP contribution in [0.25, 0.3) is 0 Å². The summed E-state index contributed by atoms with van der Waals surface area (Å²) in [5.74, 6) is 1.05. The second-order valence-electron chi connectivity index (χ2n) is 2.45. The van der Waals surface area contributed by atoms with E-state index >= 15 is 0 Å². The molecule has 0 aliphatic heterocycles. The molecule has 0 atom stereocenters. The Kier molecular flexibility index (Phi) is 7.26. The molecule has 0 spiro atoms. The normalized spacial score (nSPS) is 12.4. The van der Waals surface area contributed by atoms with E-state index in [9.17, 15) is 0 Å². The Balaban J connectivity index is 3.86. The first-order chi connectivity index (χ1) is 5.07. The lowest BCUT2D eigenvalue weighted by molar-refractivity contribution is 0.545. The molecule has 0 N–H and O–H groups in total. The number of hydrogen-bond acceptors (Lipinski definition) is 2. The van der Waals surface area contributed by atoms with Gasteiger partial charge in [0.05, 0.1) is 22.9 Å². The van der Waals surface area contributed by atoms with Crippen molar-refractivity contribution in [3.05, 3.63) is 10.7 Å². The monoisotopic (exact) mass is 349 g/mol. The van der Waals surface area contributed by atoms with Gasteiger partial charge in [-0.15, -0.1) is 0 Å². The molecule has 0 aromatic rings. The summed E-state index contributed by atoms with van der Waals surface area (Å²) in [6.45, 7) is 4.34. The van der Waals surface area contributed by atoms with E-state index in [4.69, 9.17) is 0 Å². The van der Waals surface area contributed by atoms with Crippen molar-refractivity contribution in [1.29, 1.82) is 0 Å². The molecule has 0 unspecified atom stereocenters. The Morgan fingerprint density at radius 2 is 2.27 bits per heavy atom. The maximum atomic E-state index is 3.50. The quantitative estimate of drug-likeness (QED) is 0.563. The second-order valence-corrected chi connectivity index (χ2v) is 5.45. The highest BCUT2D eigenvalue weighted by molar-refractivity contribution is 14.1. The third kappa shape index (κ3) is 6.28. The Hall–Kier alpha value is 1.10. The van der Waals surface area contributed by atoms with Crippen LogP contribution in [0.3, 0.4) is 0 Å². The van der Waals surface area contributed by atoms with Gasteiger partial charge in [0.15, 0.2) is 0 Å². The predicted octanol–water partition coefficient (Wildman–Crippen LogP) is 3.65. The van der Waals surface area contributed by atoms with Crippen LogP contribution in [0.5, 0.6) is 0 Å². The van der Waals surface area contributed by atoms with E-state index in [1.165, 1.54) is 4.48 Å². The summed E-state index contributed by atoms with van der Waals surface area (Å²) in [7, 11) is 0. The molecule has 0 heterocycles. The van der Waals surface area contributed by atoms with Gasteiger partial charge < -0.3 is 3.11 Å². The Morgan fingerprint density at radius 3 is 2.64 bits per heavy atom. The molecule has 0 aliphatic carbocycles. The summed E-state index contributed by atoms with van der Waals surface area (Å²) in [6, 6.07) is 0.560. The van der Waals surface area contributed by atoms with E-state index in [-0.39, 0.29) is 0 Å².